The van der Waals surface area contributed by atoms with Crippen LogP contribution in [0, 0.1) is 20.8 Å². The SMILES string of the molecule is Cc1cc(C)c2c3c(c(=O)oc2c1C)[C@@H](c1ccccc1)CC(=O)O3. The lowest BCUT2D eigenvalue weighted by molar-refractivity contribution is -0.135. The zero-order valence-electron chi connectivity index (χ0n) is 14.4. The molecule has 4 nitrogen and oxygen atoms in total. The second-order valence-corrected chi connectivity index (χ2v) is 6.61. The molecule has 2 heterocycles. The molecule has 0 N–H and O–H groups in total. The number of carbonyl (C=O) groups excluding carboxylic acids is 1. The van der Waals surface area contributed by atoms with Crippen molar-refractivity contribution in [3.8, 4) is 5.75 Å². The first-order chi connectivity index (χ1) is 12.0. The van der Waals surface area contributed by atoms with Crippen molar-refractivity contribution in [2.24, 2.45) is 0 Å². The number of hydrogen-bond acceptors (Lipinski definition) is 4. The van der Waals surface area contributed by atoms with Gasteiger partial charge in [-0.25, -0.2) is 4.79 Å². The molecule has 0 spiro atoms. The molecule has 1 aliphatic rings. The minimum atomic E-state index is -0.433. The summed E-state index contributed by atoms with van der Waals surface area (Å²) in [6, 6.07) is 11.6. The predicted octanol–water partition coefficient (Wildman–Crippen LogP) is 4.16. The minimum Gasteiger partial charge on any atom is -0.425 e. The summed E-state index contributed by atoms with van der Waals surface area (Å²) in [5.41, 5.74) is 4.27. The Morgan fingerprint density at radius 1 is 1.00 bits per heavy atom. The van der Waals surface area contributed by atoms with E-state index in [9.17, 15) is 9.59 Å². The Morgan fingerprint density at radius 3 is 2.44 bits per heavy atom. The second-order valence-electron chi connectivity index (χ2n) is 6.61. The predicted molar refractivity (Wildman–Crippen MR) is 95.2 cm³/mol. The summed E-state index contributed by atoms with van der Waals surface area (Å²) >= 11 is 0. The standard InChI is InChI=1S/C21H18O4/c1-11-9-12(2)17-19(13(11)3)25-21(23)18-15(10-16(22)24-20(17)18)14-7-5-4-6-8-14/h4-9,15H,10H2,1-3H3/t15-/m1/s1. The van der Waals surface area contributed by atoms with Crippen molar-refractivity contribution in [3.05, 3.63) is 74.6 Å². The number of carbonyl (C=O) groups is 1. The normalized spacial score (nSPS) is 16.6. The average molecular weight is 334 g/mol. The van der Waals surface area contributed by atoms with Crippen LogP contribution in [0.15, 0.2) is 45.6 Å². The fraction of sp³-hybridized carbons (Fsp3) is 0.238. The summed E-state index contributed by atoms with van der Waals surface area (Å²) in [5.74, 6) is -0.318. The highest BCUT2D eigenvalue weighted by Crippen LogP contribution is 2.42. The number of ether oxygens (including phenoxy) is 1. The number of hydrogen-bond donors (Lipinski definition) is 0. The summed E-state index contributed by atoms with van der Waals surface area (Å²) in [4.78, 5) is 25.1. The van der Waals surface area contributed by atoms with E-state index < -0.39 is 5.63 Å². The third-order valence-corrected chi connectivity index (χ3v) is 5.01. The van der Waals surface area contributed by atoms with Gasteiger partial charge in [-0.15, -0.1) is 0 Å². The van der Waals surface area contributed by atoms with Gasteiger partial charge in [-0.3, -0.25) is 4.79 Å². The molecule has 0 fully saturated rings. The zero-order chi connectivity index (χ0) is 17.7. The smallest absolute Gasteiger partial charge is 0.343 e. The molecule has 4 rings (SSSR count). The molecule has 3 aromatic rings. The van der Waals surface area contributed by atoms with Crippen LogP contribution in [0.2, 0.25) is 0 Å². The van der Waals surface area contributed by atoms with E-state index >= 15 is 0 Å². The molecule has 0 saturated carbocycles. The molecule has 0 unspecified atom stereocenters. The molecule has 4 heteroatoms. The van der Waals surface area contributed by atoms with Gasteiger partial charge in [0.2, 0.25) is 0 Å². The van der Waals surface area contributed by atoms with Gasteiger partial charge in [-0.1, -0.05) is 36.4 Å². The first kappa shape index (κ1) is 15.6. The number of aryl methyl sites for hydroxylation is 3. The van der Waals surface area contributed by atoms with Crippen molar-refractivity contribution in [1.29, 1.82) is 0 Å². The van der Waals surface area contributed by atoms with Crippen LogP contribution < -0.4 is 10.4 Å². The lowest BCUT2D eigenvalue weighted by atomic mass is 9.86. The number of benzene rings is 2. The van der Waals surface area contributed by atoms with Crippen LogP contribution in [0.25, 0.3) is 11.0 Å². The van der Waals surface area contributed by atoms with Gasteiger partial charge in [0, 0.05) is 5.92 Å². The fourth-order valence-corrected chi connectivity index (χ4v) is 3.64. The summed E-state index contributed by atoms with van der Waals surface area (Å²) < 4.78 is 11.2. The highest BCUT2D eigenvalue weighted by molar-refractivity contribution is 5.94. The second kappa shape index (κ2) is 5.59. The van der Waals surface area contributed by atoms with Crippen LogP contribution in [0.4, 0.5) is 0 Å². The van der Waals surface area contributed by atoms with Crippen molar-refractivity contribution < 1.29 is 13.9 Å². The Labute approximate surface area is 145 Å². The lowest BCUT2D eigenvalue weighted by Crippen LogP contribution is -2.27. The van der Waals surface area contributed by atoms with Crippen molar-refractivity contribution in [3.63, 3.8) is 0 Å². The molecule has 0 aliphatic carbocycles. The topological polar surface area (TPSA) is 56.5 Å². The molecule has 25 heavy (non-hydrogen) atoms. The molecule has 1 aliphatic heterocycles. The number of rotatable bonds is 1. The van der Waals surface area contributed by atoms with Crippen LogP contribution in [0.5, 0.6) is 5.75 Å². The summed E-state index contributed by atoms with van der Waals surface area (Å²) in [5, 5.41) is 0.715. The first-order valence-electron chi connectivity index (χ1n) is 8.30. The van der Waals surface area contributed by atoms with E-state index in [2.05, 4.69) is 0 Å². The molecule has 0 saturated heterocycles. The largest absolute Gasteiger partial charge is 0.425 e. The van der Waals surface area contributed by atoms with Gasteiger partial charge in [0.15, 0.2) is 5.75 Å². The number of fused-ring (bicyclic) bond motifs is 3. The monoisotopic (exact) mass is 334 g/mol. The molecule has 126 valence electrons. The van der Waals surface area contributed by atoms with E-state index in [-0.39, 0.29) is 18.3 Å². The van der Waals surface area contributed by atoms with Crippen LogP contribution >= 0.6 is 0 Å². The molecule has 2 aromatic carbocycles. The van der Waals surface area contributed by atoms with Gasteiger partial charge in [0.05, 0.1) is 17.4 Å². The minimum absolute atomic E-state index is 0.136. The number of esters is 1. The van der Waals surface area contributed by atoms with E-state index in [1.165, 1.54) is 0 Å². The van der Waals surface area contributed by atoms with Crippen molar-refractivity contribution in [1.82, 2.24) is 0 Å². The highest BCUT2D eigenvalue weighted by atomic mass is 16.5. The van der Waals surface area contributed by atoms with Gasteiger partial charge in [-0.2, -0.15) is 0 Å². The molecule has 0 amide bonds. The quantitative estimate of drug-likeness (QED) is 0.495. The van der Waals surface area contributed by atoms with E-state index in [0.29, 0.717) is 22.3 Å². The van der Waals surface area contributed by atoms with Crippen LogP contribution in [0.1, 0.15) is 40.2 Å². The van der Waals surface area contributed by atoms with Crippen molar-refractivity contribution in [2.45, 2.75) is 33.1 Å². The molecular formula is C21H18O4. The Morgan fingerprint density at radius 2 is 1.72 bits per heavy atom. The maximum Gasteiger partial charge on any atom is 0.343 e. The Hall–Kier alpha value is -2.88. The van der Waals surface area contributed by atoms with Gasteiger partial charge in [0.25, 0.3) is 0 Å². The van der Waals surface area contributed by atoms with Crippen LogP contribution in [0.3, 0.4) is 0 Å². The molecular weight excluding hydrogens is 316 g/mol. The Balaban J connectivity index is 2.10. The highest BCUT2D eigenvalue weighted by Gasteiger charge is 2.34. The Kier molecular flexibility index (Phi) is 3.49. The molecule has 0 radical (unpaired) electrons. The van der Waals surface area contributed by atoms with E-state index in [0.717, 1.165) is 22.3 Å². The van der Waals surface area contributed by atoms with Crippen molar-refractivity contribution >= 4 is 16.9 Å². The maximum absolute atomic E-state index is 12.8. The first-order valence-corrected chi connectivity index (χ1v) is 8.30. The van der Waals surface area contributed by atoms with Gasteiger partial charge >= 0.3 is 11.6 Å². The van der Waals surface area contributed by atoms with E-state index in [4.69, 9.17) is 9.15 Å². The summed E-state index contributed by atoms with van der Waals surface area (Å²) in [6.45, 7) is 5.82. The van der Waals surface area contributed by atoms with Gasteiger partial charge in [0.1, 0.15) is 5.58 Å². The van der Waals surface area contributed by atoms with Crippen LogP contribution in [-0.2, 0) is 4.79 Å². The van der Waals surface area contributed by atoms with Gasteiger partial charge < -0.3 is 9.15 Å². The third-order valence-electron chi connectivity index (χ3n) is 5.01. The lowest BCUT2D eigenvalue weighted by Gasteiger charge is -2.25. The van der Waals surface area contributed by atoms with Gasteiger partial charge in [-0.05, 0) is 43.0 Å². The third kappa shape index (κ3) is 2.37. The molecule has 0 bridgehead atoms. The summed E-state index contributed by atoms with van der Waals surface area (Å²) in [7, 11) is 0. The molecule has 1 aromatic heterocycles. The average Bonchev–Trinajstić information content (AvgIpc) is 2.59. The van der Waals surface area contributed by atoms with Crippen molar-refractivity contribution in [2.75, 3.05) is 0 Å². The zero-order valence-corrected chi connectivity index (χ0v) is 14.4. The summed E-state index contributed by atoms with van der Waals surface area (Å²) in [6.07, 6.45) is 0.136. The van der Waals surface area contributed by atoms with Crippen LogP contribution in [-0.4, -0.2) is 5.97 Å². The van der Waals surface area contributed by atoms with E-state index in [1.807, 2.05) is 57.2 Å². The fourth-order valence-electron chi connectivity index (χ4n) is 3.64. The molecule has 1 atom stereocenters. The maximum atomic E-state index is 12.8. The van der Waals surface area contributed by atoms with E-state index in [1.54, 1.807) is 0 Å². The Bertz CT molecular complexity index is 1060.